The molecule has 1 aromatic carbocycles. The van der Waals surface area contributed by atoms with Crippen molar-refractivity contribution < 1.29 is 14.6 Å². The maximum absolute atomic E-state index is 11.2. The van der Waals surface area contributed by atoms with Gasteiger partial charge in [-0.25, -0.2) is 15.4 Å². The molecule has 4 rings (SSSR count). The summed E-state index contributed by atoms with van der Waals surface area (Å²) in [5, 5.41) is 9.90. The van der Waals surface area contributed by atoms with Crippen LogP contribution in [0.1, 0.15) is 44.0 Å². The molecule has 0 amide bonds. The van der Waals surface area contributed by atoms with Gasteiger partial charge in [-0.1, -0.05) is 29.8 Å². The number of hydrazine groups is 1. The van der Waals surface area contributed by atoms with Crippen molar-refractivity contribution in [3.8, 4) is 0 Å². The van der Waals surface area contributed by atoms with Gasteiger partial charge in [0.05, 0.1) is 18.1 Å². The minimum absolute atomic E-state index is 0.0807. The number of nitrogens with one attached hydrogen (secondary N) is 2. The molecule has 0 spiro atoms. The summed E-state index contributed by atoms with van der Waals surface area (Å²) in [6.45, 7) is 5.25. The molecule has 1 atom stereocenters. The molecule has 1 aromatic heterocycles. The number of benzene rings is 1. The molecule has 8 nitrogen and oxygen atoms in total. The number of hydrogen-bond donors (Lipinski definition) is 3. The van der Waals surface area contributed by atoms with Crippen LogP contribution in [-0.2, 0) is 9.53 Å². The van der Waals surface area contributed by atoms with Crippen molar-refractivity contribution in [2.45, 2.75) is 39.0 Å². The van der Waals surface area contributed by atoms with E-state index in [0.29, 0.717) is 5.02 Å². The quantitative estimate of drug-likeness (QED) is 0.586. The van der Waals surface area contributed by atoms with Gasteiger partial charge in [0.1, 0.15) is 17.8 Å². The van der Waals surface area contributed by atoms with Crippen LogP contribution in [-0.4, -0.2) is 47.7 Å². The van der Waals surface area contributed by atoms with Crippen LogP contribution < -0.4 is 15.8 Å². The third-order valence-corrected chi connectivity index (χ3v) is 6.03. The molecular formula is C23H28ClN5O3. The summed E-state index contributed by atoms with van der Waals surface area (Å²) in [6, 6.07) is 11.6. The Hall–Kier alpha value is -2.68. The van der Waals surface area contributed by atoms with E-state index in [0.717, 1.165) is 48.7 Å². The topological polar surface area (TPSA) is 99.1 Å². The summed E-state index contributed by atoms with van der Waals surface area (Å²) in [7, 11) is 0. The Balaban J connectivity index is 1.32. The molecule has 1 saturated heterocycles. The number of amidine groups is 1. The lowest BCUT2D eigenvalue weighted by atomic mass is 9.95. The SMILES string of the molecule is CC(C)(COC1CCN(c2ccc(C3N=C(c4cccc(Cl)c4)NN3)cn2)CC1)C(=O)O. The number of pyridine rings is 1. The molecule has 9 heteroatoms. The van der Waals surface area contributed by atoms with Crippen molar-refractivity contribution in [3.05, 3.63) is 58.7 Å². The summed E-state index contributed by atoms with van der Waals surface area (Å²) >= 11 is 6.08. The van der Waals surface area contributed by atoms with E-state index >= 15 is 0 Å². The maximum atomic E-state index is 11.2. The highest BCUT2D eigenvalue weighted by Gasteiger charge is 2.30. The van der Waals surface area contributed by atoms with Gasteiger partial charge in [0.25, 0.3) is 0 Å². The largest absolute Gasteiger partial charge is 0.481 e. The lowest BCUT2D eigenvalue weighted by Gasteiger charge is -2.34. The highest BCUT2D eigenvalue weighted by atomic mass is 35.5. The van der Waals surface area contributed by atoms with Gasteiger partial charge in [-0.3, -0.25) is 4.79 Å². The summed E-state index contributed by atoms with van der Waals surface area (Å²) in [4.78, 5) is 22.8. The number of aliphatic carboxylic acids is 1. The van der Waals surface area contributed by atoms with Gasteiger partial charge < -0.3 is 20.2 Å². The van der Waals surface area contributed by atoms with E-state index in [1.54, 1.807) is 13.8 Å². The van der Waals surface area contributed by atoms with Crippen LogP contribution >= 0.6 is 11.6 Å². The molecule has 0 bridgehead atoms. The van der Waals surface area contributed by atoms with Crippen LogP contribution in [0.15, 0.2) is 47.6 Å². The standard InChI is InChI=1S/C23H28ClN5O3/c1-23(2,22(30)31)14-32-18-8-10-29(11-9-18)19-7-6-16(13-25-19)21-26-20(27-28-21)15-4-3-5-17(24)12-15/h3-7,12-13,18,21,28H,8-11,14H2,1-2H3,(H,26,27)(H,30,31). The second kappa shape index (κ2) is 9.44. The van der Waals surface area contributed by atoms with Crippen LogP contribution in [0.5, 0.6) is 0 Å². The number of aromatic nitrogens is 1. The fraction of sp³-hybridized carbons (Fsp3) is 0.435. The zero-order chi connectivity index (χ0) is 22.7. The molecule has 1 fully saturated rings. The molecule has 2 aliphatic rings. The van der Waals surface area contributed by atoms with Gasteiger partial charge in [0, 0.05) is 35.4 Å². The number of aliphatic imine (C=N–C) groups is 1. The van der Waals surface area contributed by atoms with E-state index in [4.69, 9.17) is 21.3 Å². The Kier molecular flexibility index (Phi) is 6.64. The predicted molar refractivity (Wildman–Crippen MR) is 124 cm³/mol. The number of carboxylic acid groups (broad SMARTS) is 1. The molecule has 2 aliphatic heterocycles. The lowest BCUT2D eigenvalue weighted by Crippen LogP contribution is -2.39. The monoisotopic (exact) mass is 457 g/mol. The number of carbonyl (C=O) groups is 1. The zero-order valence-electron chi connectivity index (χ0n) is 18.2. The van der Waals surface area contributed by atoms with Crippen LogP contribution in [0.2, 0.25) is 5.02 Å². The van der Waals surface area contributed by atoms with Gasteiger partial charge in [-0.15, -0.1) is 0 Å². The third-order valence-electron chi connectivity index (χ3n) is 5.79. The fourth-order valence-electron chi connectivity index (χ4n) is 3.66. The number of nitrogens with zero attached hydrogens (tertiary/aromatic N) is 3. The Morgan fingerprint density at radius 3 is 2.72 bits per heavy atom. The minimum Gasteiger partial charge on any atom is -0.481 e. The van der Waals surface area contributed by atoms with Crippen LogP contribution in [0.4, 0.5) is 5.82 Å². The molecule has 1 unspecified atom stereocenters. The number of anilines is 1. The molecule has 0 saturated carbocycles. The number of carboxylic acids is 1. The molecule has 3 N–H and O–H groups in total. The Morgan fingerprint density at radius 2 is 2.06 bits per heavy atom. The highest BCUT2D eigenvalue weighted by molar-refractivity contribution is 6.31. The van der Waals surface area contributed by atoms with Crippen molar-refractivity contribution in [2.24, 2.45) is 10.4 Å². The molecule has 3 heterocycles. The Labute approximate surface area is 192 Å². The lowest BCUT2D eigenvalue weighted by molar-refractivity contribution is -0.152. The number of piperidine rings is 1. The average Bonchev–Trinajstić information content (AvgIpc) is 3.29. The second-order valence-electron chi connectivity index (χ2n) is 8.80. The van der Waals surface area contributed by atoms with E-state index in [1.165, 1.54) is 0 Å². The number of hydrogen-bond acceptors (Lipinski definition) is 7. The van der Waals surface area contributed by atoms with Crippen LogP contribution in [0.3, 0.4) is 0 Å². The zero-order valence-corrected chi connectivity index (χ0v) is 19.0. The number of ether oxygens (including phenoxy) is 1. The van der Waals surface area contributed by atoms with Crippen LogP contribution in [0.25, 0.3) is 0 Å². The first kappa shape index (κ1) is 22.5. The van der Waals surface area contributed by atoms with Crippen molar-refractivity contribution in [2.75, 3.05) is 24.6 Å². The summed E-state index contributed by atoms with van der Waals surface area (Å²) in [6.07, 6.45) is 3.40. The second-order valence-corrected chi connectivity index (χ2v) is 9.23. The van der Waals surface area contributed by atoms with Crippen molar-refractivity contribution in [1.82, 2.24) is 15.8 Å². The Bertz CT molecular complexity index is 987. The van der Waals surface area contributed by atoms with Gasteiger partial charge in [-0.05, 0) is 44.9 Å². The van der Waals surface area contributed by atoms with Crippen molar-refractivity contribution >= 4 is 29.2 Å². The van der Waals surface area contributed by atoms with E-state index in [2.05, 4.69) is 20.7 Å². The van der Waals surface area contributed by atoms with Gasteiger partial charge in [-0.2, -0.15) is 0 Å². The van der Waals surface area contributed by atoms with Crippen molar-refractivity contribution in [1.29, 1.82) is 0 Å². The summed E-state index contributed by atoms with van der Waals surface area (Å²) < 4.78 is 5.87. The highest BCUT2D eigenvalue weighted by Crippen LogP contribution is 2.25. The molecule has 0 aliphatic carbocycles. The normalized spacial score (nSPS) is 19.5. The van der Waals surface area contributed by atoms with Gasteiger partial charge in [0.2, 0.25) is 0 Å². The number of halogens is 1. The van der Waals surface area contributed by atoms with Gasteiger partial charge in [0.15, 0.2) is 0 Å². The minimum atomic E-state index is -0.868. The first-order chi connectivity index (χ1) is 15.3. The molecule has 170 valence electrons. The van der Waals surface area contributed by atoms with Gasteiger partial charge >= 0.3 is 5.97 Å². The first-order valence-electron chi connectivity index (χ1n) is 10.7. The summed E-state index contributed by atoms with van der Waals surface area (Å²) in [5.41, 5.74) is 7.31. The molecule has 32 heavy (non-hydrogen) atoms. The maximum Gasteiger partial charge on any atom is 0.311 e. The summed E-state index contributed by atoms with van der Waals surface area (Å²) in [5.74, 6) is 0.827. The van der Waals surface area contributed by atoms with E-state index < -0.39 is 11.4 Å². The predicted octanol–water partition coefficient (Wildman–Crippen LogP) is 3.38. The Morgan fingerprint density at radius 1 is 1.28 bits per heavy atom. The first-order valence-corrected chi connectivity index (χ1v) is 11.1. The van der Waals surface area contributed by atoms with Crippen LogP contribution in [0, 0.1) is 5.41 Å². The average molecular weight is 458 g/mol. The fourth-order valence-corrected chi connectivity index (χ4v) is 3.85. The number of rotatable bonds is 7. The van der Waals surface area contributed by atoms with Crippen molar-refractivity contribution in [3.63, 3.8) is 0 Å². The molecule has 0 radical (unpaired) electrons. The smallest absolute Gasteiger partial charge is 0.311 e. The van der Waals surface area contributed by atoms with E-state index in [9.17, 15) is 9.90 Å². The van der Waals surface area contributed by atoms with E-state index in [1.807, 2.05) is 42.6 Å². The third kappa shape index (κ3) is 5.20. The molecular weight excluding hydrogens is 430 g/mol. The molecule has 2 aromatic rings. The van der Waals surface area contributed by atoms with E-state index in [-0.39, 0.29) is 18.9 Å².